The molecule has 0 heterocycles. The van der Waals surface area contributed by atoms with E-state index < -0.39 is 6.10 Å². The predicted molar refractivity (Wildman–Crippen MR) is 94.2 cm³/mol. The molecule has 1 unspecified atom stereocenters. The van der Waals surface area contributed by atoms with Crippen LogP contribution in [0, 0.1) is 0 Å². The summed E-state index contributed by atoms with van der Waals surface area (Å²) in [7, 11) is 1.95. The van der Waals surface area contributed by atoms with Gasteiger partial charge in [0.1, 0.15) is 5.75 Å². The van der Waals surface area contributed by atoms with Crippen molar-refractivity contribution in [2.75, 3.05) is 33.4 Å². The molecule has 138 valence electrons. The van der Waals surface area contributed by atoms with E-state index in [2.05, 4.69) is 13.8 Å². The van der Waals surface area contributed by atoms with Crippen LogP contribution in [0.25, 0.3) is 0 Å². The van der Waals surface area contributed by atoms with Gasteiger partial charge in [-0.1, -0.05) is 18.2 Å². The molecule has 0 saturated carbocycles. The van der Waals surface area contributed by atoms with Crippen LogP contribution < -0.4 is 9.84 Å². The first-order chi connectivity index (χ1) is 11.4. The van der Waals surface area contributed by atoms with Gasteiger partial charge in [-0.25, -0.2) is 0 Å². The van der Waals surface area contributed by atoms with Gasteiger partial charge in [0.05, 0.1) is 32.5 Å². The van der Waals surface area contributed by atoms with E-state index in [9.17, 15) is 5.11 Å². The Morgan fingerprint density at radius 2 is 1.71 bits per heavy atom. The SMILES string of the molecule is CC(C)OCCOCc1ccc(OCC([O-])CN(C)C(C)C)cc1. The van der Waals surface area contributed by atoms with Crippen LogP contribution in [0.1, 0.15) is 33.3 Å². The van der Waals surface area contributed by atoms with E-state index in [1.807, 2.05) is 50.1 Å². The third-order valence-corrected chi connectivity index (χ3v) is 3.68. The smallest absolute Gasteiger partial charge is 0.119 e. The predicted octanol–water partition coefficient (Wildman–Crippen LogP) is 2.08. The molecule has 0 aromatic heterocycles. The van der Waals surface area contributed by atoms with E-state index in [0.29, 0.717) is 32.4 Å². The molecule has 1 aromatic carbocycles. The first kappa shape index (κ1) is 20.9. The Morgan fingerprint density at radius 1 is 1.04 bits per heavy atom. The van der Waals surface area contributed by atoms with Crippen LogP contribution in [0.4, 0.5) is 0 Å². The summed E-state index contributed by atoms with van der Waals surface area (Å²) >= 11 is 0. The van der Waals surface area contributed by atoms with Crippen molar-refractivity contribution in [3.63, 3.8) is 0 Å². The van der Waals surface area contributed by atoms with Gasteiger partial charge in [0.25, 0.3) is 0 Å². The summed E-state index contributed by atoms with van der Waals surface area (Å²) < 4.78 is 16.5. The van der Waals surface area contributed by atoms with Crippen molar-refractivity contribution in [3.8, 4) is 5.75 Å². The molecule has 1 rings (SSSR count). The second kappa shape index (κ2) is 11.4. The molecule has 0 aliphatic carbocycles. The van der Waals surface area contributed by atoms with Crippen LogP contribution in [0.15, 0.2) is 24.3 Å². The fourth-order valence-corrected chi connectivity index (χ4v) is 1.99. The van der Waals surface area contributed by atoms with Gasteiger partial charge in [0, 0.05) is 6.04 Å². The molecule has 0 spiro atoms. The Hall–Kier alpha value is -1.14. The van der Waals surface area contributed by atoms with Crippen molar-refractivity contribution in [2.24, 2.45) is 0 Å². The molecular formula is C19H32NO4-. The molecule has 0 aliphatic rings. The number of benzene rings is 1. The lowest BCUT2D eigenvalue weighted by Crippen LogP contribution is -2.44. The summed E-state index contributed by atoms with van der Waals surface area (Å²) in [5.74, 6) is 0.718. The van der Waals surface area contributed by atoms with Gasteiger partial charge in [0.15, 0.2) is 0 Å². The maximum atomic E-state index is 11.9. The molecule has 0 N–H and O–H groups in total. The molecule has 24 heavy (non-hydrogen) atoms. The second-order valence-electron chi connectivity index (χ2n) is 6.58. The van der Waals surface area contributed by atoms with E-state index >= 15 is 0 Å². The Balaban J connectivity index is 2.24. The number of hydrogen-bond donors (Lipinski definition) is 0. The van der Waals surface area contributed by atoms with Crippen LogP contribution in [0.2, 0.25) is 0 Å². The van der Waals surface area contributed by atoms with E-state index in [1.165, 1.54) is 0 Å². The van der Waals surface area contributed by atoms with Crippen LogP contribution >= 0.6 is 0 Å². The quantitative estimate of drug-likeness (QED) is 0.546. The lowest BCUT2D eigenvalue weighted by atomic mass is 10.2. The molecule has 0 bridgehead atoms. The number of nitrogens with zero attached hydrogens (tertiary/aromatic N) is 1. The van der Waals surface area contributed by atoms with Gasteiger partial charge in [0.2, 0.25) is 0 Å². The van der Waals surface area contributed by atoms with Gasteiger partial charge in [-0.2, -0.15) is 0 Å². The molecule has 1 aromatic rings. The number of ether oxygens (including phenoxy) is 3. The molecule has 5 heteroatoms. The highest BCUT2D eigenvalue weighted by atomic mass is 16.5. The normalized spacial score (nSPS) is 13.0. The molecule has 0 fully saturated rings. The second-order valence-corrected chi connectivity index (χ2v) is 6.58. The van der Waals surface area contributed by atoms with E-state index in [4.69, 9.17) is 14.2 Å². The lowest BCUT2D eigenvalue weighted by Gasteiger charge is -2.30. The van der Waals surface area contributed by atoms with E-state index in [-0.39, 0.29) is 12.7 Å². The molecule has 5 nitrogen and oxygen atoms in total. The number of rotatable bonds is 12. The molecule has 1 atom stereocenters. The zero-order chi connectivity index (χ0) is 17.9. The maximum Gasteiger partial charge on any atom is 0.119 e. The average Bonchev–Trinajstić information content (AvgIpc) is 2.53. The third kappa shape index (κ3) is 9.23. The third-order valence-electron chi connectivity index (χ3n) is 3.68. The van der Waals surface area contributed by atoms with E-state index in [0.717, 1.165) is 11.3 Å². The fourth-order valence-electron chi connectivity index (χ4n) is 1.99. The highest BCUT2D eigenvalue weighted by Gasteiger charge is 2.05. The molecule has 0 saturated heterocycles. The van der Waals surface area contributed by atoms with Crippen LogP contribution in [-0.4, -0.2) is 56.6 Å². The van der Waals surface area contributed by atoms with Crippen molar-refractivity contribution in [1.82, 2.24) is 4.90 Å². The monoisotopic (exact) mass is 338 g/mol. The zero-order valence-electron chi connectivity index (χ0n) is 15.7. The summed E-state index contributed by atoms with van der Waals surface area (Å²) in [6.07, 6.45) is -0.517. The van der Waals surface area contributed by atoms with Gasteiger partial charge in [-0.05, 0) is 59.0 Å². The van der Waals surface area contributed by atoms with Crippen molar-refractivity contribution >= 4 is 0 Å². The van der Waals surface area contributed by atoms with Crippen molar-refractivity contribution in [3.05, 3.63) is 29.8 Å². The highest BCUT2D eigenvalue weighted by molar-refractivity contribution is 5.26. The Labute approximate surface area is 146 Å². The summed E-state index contributed by atoms with van der Waals surface area (Å²) in [5.41, 5.74) is 1.07. The average molecular weight is 338 g/mol. The summed E-state index contributed by atoms with van der Waals surface area (Å²) in [6, 6.07) is 8.04. The van der Waals surface area contributed by atoms with Crippen molar-refractivity contribution < 1.29 is 19.3 Å². The van der Waals surface area contributed by atoms with Crippen molar-refractivity contribution in [1.29, 1.82) is 0 Å². The zero-order valence-corrected chi connectivity index (χ0v) is 15.7. The van der Waals surface area contributed by atoms with Crippen molar-refractivity contribution in [2.45, 2.75) is 52.6 Å². The summed E-state index contributed by atoms with van der Waals surface area (Å²) in [4.78, 5) is 2.03. The molecule has 0 aliphatic heterocycles. The van der Waals surface area contributed by atoms with Gasteiger partial charge in [-0.3, -0.25) is 0 Å². The maximum absolute atomic E-state index is 11.9. The van der Waals surface area contributed by atoms with Gasteiger partial charge >= 0.3 is 0 Å². The van der Waals surface area contributed by atoms with E-state index in [1.54, 1.807) is 0 Å². The summed E-state index contributed by atoms with van der Waals surface area (Å²) in [6.45, 7) is 10.6. The largest absolute Gasteiger partial charge is 0.849 e. The van der Waals surface area contributed by atoms with Crippen LogP contribution in [0.3, 0.4) is 0 Å². The fraction of sp³-hybridized carbons (Fsp3) is 0.684. The minimum Gasteiger partial charge on any atom is -0.849 e. The Bertz CT molecular complexity index is 433. The Morgan fingerprint density at radius 3 is 2.29 bits per heavy atom. The standard InChI is InChI=1S/C19H32NO4/c1-15(2)20(5)12-18(21)14-24-19-8-6-17(7-9-19)13-22-10-11-23-16(3)4/h6-9,15-16,18H,10-14H2,1-5H3/q-1. The van der Waals surface area contributed by atoms with Crippen LogP contribution in [-0.2, 0) is 16.1 Å². The van der Waals surface area contributed by atoms with Gasteiger partial charge in [-0.15, -0.1) is 0 Å². The molecular weight excluding hydrogens is 306 g/mol. The highest BCUT2D eigenvalue weighted by Crippen LogP contribution is 2.13. The first-order valence-electron chi connectivity index (χ1n) is 8.65. The topological polar surface area (TPSA) is 54.0 Å². The molecule has 0 amide bonds. The Kier molecular flexibility index (Phi) is 9.95. The van der Waals surface area contributed by atoms with Gasteiger partial charge < -0.3 is 24.2 Å². The van der Waals surface area contributed by atoms with Crippen LogP contribution in [0.5, 0.6) is 5.75 Å². The lowest BCUT2D eigenvalue weighted by molar-refractivity contribution is -0.425. The summed E-state index contributed by atoms with van der Waals surface area (Å²) in [5, 5.41) is 11.9. The number of hydrogen-bond acceptors (Lipinski definition) is 5. The minimum atomic E-state index is -0.749. The first-order valence-corrected chi connectivity index (χ1v) is 8.65. The minimum absolute atomic E-state index is 0.180. The molecule has 0 radical (unpaired) electrons. The number of likely N-dealkylation sites (N-methyl/N-ethyl adjacent to an activating group) is 1.